The second-order valence-corrected chi connectivity index (χ2v) is 8.45. The summed E-state index contributed by atoms with van der Waals surface area (Å²) in [5, 5.41) is 0. The molecule has 0 unspecified atom stereocenters. The van der Waals surface area contributed by atoms with E-state index in [0.29, 0.717) is 23.9 Å². The predicted octanol–water partition coefficient (Wildman–Crippen LogP) is 3.18. The van der Waals surface area contributed by atoms with Gasteiger partial charge in [-0.15, -0.1) is 11.3 Å². The number of nitrogens with zero attached hydrogens (tertiary/aromatic N) is 1. The molecule has 1 fully saturated rings. The summed E-state index contributed by atoms with van der Waals surface area (Å²) in [7, 11) is -3.28. The van der Waals surface area contributed by atoms with E-state index in [-0.39, 0.29) is 0 Å². The third-order valence-corrected chi connectivity index (χ3v) is 6.33. The number of sulfonamides is 1. The first kappa shape index (κ1) is 14.0. The molecule has 0 saturated heterocycles. The van der Waals surface area contributed by atoms with E-state index in [9.17, 15) is 8.42 Å². The molecule has 0 bridgehead atoms. The fourth-order valence-electron chi connectivity index (χ4n) is 2.15. The molecule has 5 heteroatoms. The van der Waals surface area contributed by atoms with Gasteiger partial charge in [0, 0.05) is 22.8 Å². The molecule has 0 N–H and O–H groups in total. The van der Waals surface area contributed by atoms with E-state index in [0.717, 1.165) is 16.2 Å². The number of hydrogen-bond donors (Lipinski definition) is 0. The second kappa shape index (κ2) is 5.31. The van der Waals surface area contributed by atoms with Crippen molar-refractivity contribution in [2.24, 2.45) is 5.92 Å². The van der Waals surface area contributed by atoms with Crippen molar-refractivity contribution in [3.05, 3.63) is 15.8 Å². The second-order valence-electron chi connectivity index (χ2n) is 5.08. The van der Waals surface area contributed by atoms with Crippen LogP contribution in [-0.2, 0) is 10.0 Å². The molecule has 0 amide bonds. The molecule has 2 rings (SSSR count). The fourth-order valence-corrected chi connectivity index (χ4v) is 5.28. The first-order chi connectivity index (χ1) is 8.45. The predicted molar refractivity (Wildman–Crippen MR) is 75.6 cm³/mol. The Hall–Kier alpha value is -0.390. The zero-order valence-electron chi connectivity index (χ0n) is 11.3. The quantitative estimate of drug-likeness (QED) is 0.806. The van der Waals surface area contributed by atoms with E-state index in [1.54, 1.807) is 15.6 Å². The van der Waals surface area contributed by atoms with E-state index >= 15 is 0 Å². The summed E-state index contributed by atoms with van der Waals surface area (Å²) in [4.78, 5) is 2.48. The standard InChI is InChI=1S/C13H21NO2S2/c1-4-7-14(9-12-5-6-12)18(15,16)13-8-10(2)17-11(13)3/h8,12H,4-7,9H2,1-3H3. The third kappa shape index (κ3) is 2.95. The first-order valence-corrected chi connectivity index (χ1v) is 8.78. The molecule has 1 aliphatic carbocycles. The van der Waals surface area contributed by atoms with Crippen LogP contribution in [0.4, 0.5) is 0 Å². The van der Waals surface area contributed by atoms with Crippen LogP contribution in [0.25, 0.3) is 0 Å². The maximum Gasteiger partial charge on any atom is 0.244 e. The molecule has 1 saturated carbocycles. The van der Waals surface area contributed by atoms with Gasteiger partial charge in [0.1, 0.15) is 0 Å². The van der Waals surface area contributed by atoms with Gasteiger partial charge in [-0.25, -0.2) is 8.42 Å². The lowest BCUT2D eigenvalue weighted by atomic mass is 10.4. The average molecular weight is 287 g/mol. The molecule has 3 nitrogen and oxygen atoms in total. The SMILES string of the molecule is CCCN(CC1CC1)S(=O)(=O)c1cc(C)sc1C. The minimum absolute atomic E-state index is 0.513. The highest BCUT2D eigenvalue weighted by atomic mass is 32.2. The molecular weight excluding hydrogens is 266 g/mol. The summed E-state index contributed by atoms with van der Waals surface area (Å²) in [5.74, 6) is 0.589. The van der Waals surface area contributed by atoms with Crippen molar-refractivity contribution in [2.45, 2.75) is 44.9 Å². The van der Waals surface area contributed by atoms with Crippen LogP contribution in [0.1, 0.15) is 35.9 Å². The van der Waals surface area contributed by atoms with Crippen LogP contribution in [0.3, 0.4) is 0 Å². The van der Waals surface area contributed by atoms with Gasteiger partial charge < -0.3 is 0 Å². The molecule has 1 aromatic heterocycles. The minimum atomic E-state index is -3.28. The zero-order valence-corrected chi connectivity index (χ0v) is 12.9. The van der Waals surface area contributed by atoms with Gasteiger partial charge in [-0.3, -0.25) is 0 Å². The van der Waals surface area contributed by atoms with E-state index < -0.39 is 10.0 Å². The van der Waals surface area contributed by atoms with Gasteiger partial charge in [0.15, 0.2) is 0 Å². The molecule has 0 aromatic carbocycles. The Labute approximate surface area is 114 Å². The van der Waals surface area contributed by atoms with Crippen LogP contribution in [0.15, 0.2) is 11.0 Å². The lowest BCUT2D eigenvalue weighted by Gasteiger charge is -2.21. The monoisotopic (exact) mass is 287 g/mol. The molecule has 1 heterocycles. The van der Waals surface area contributed by atoms with Gasteiger partial charge in [-0.1, -0.05) is 6.92 Å². The Balaban J connectivity index is 2.28. The Kier molecular flexibility index (Phi) is 4.14. The van der Waals surface area contributed by atoms with Crippen LogP contribution in [-0.4, -0.2) is 25.8 Å². The summed E-state index contributed by atoms with van der Waals surface area (Å²) in [6.07, 6.45) is 3.23. The van der Waals surface area contributed by atoms with Crippen molar-refractivity contribution in [3.8, 4) is 0 Å². The van der Waals surface area contributed by atoms with Gasteiger partial charge in [-0.05, 0) is 45.1 Å². The first-order valence-electron chi connectivity index (χ1n) is 6.52. The summed E-state index contributed by atoms with van der Waals surface area (Å²) < 4.78 is 27.0. The van der Waals surface area contributed by atoms with Gasteiger partial charge >= 0.3 is 0 Å². The summed E-state index contributed by atoms with van der Waals surface area (Å²) in [6, 6.07) is 1.81. The molecule has 18 heavy (non-hydrogen) atoms. The van der Waals surface area contributed by atoms with Crippen molar-refractivity contribution < 1.29 is 8.42 Å². The lowest BCUT2D eigenvalue weighted by molar-refractivity contribution is 0.395. The van der Waals surface area contributed by atoms with Gasteiger partial charge in [0.2, 0.25) is 10.0 Å². The number of aryl methyl sites for hydroxylation is 2. The lowest BCUT2D eigenvalue weighted by Crippen LogP contribution is -2.33. The van der Waals surface area contributed by atoms with Crippen LogP contribution in [0.2, 0.25) is 0 Å². The maximum absolute atomic E-state index is 12.7. The third-order valence-electron chi connectivity index (χ3n) is 3.25. The van der Waals surface area contributed by atoms with Crippen molar-refractivity contribution in [2.75, 3.05) is 13.1 Å². The Morgan fingerprint density at radius 3 is 2.50 bits per heavy atom. The molecule has 0 radical (unpaired) electrons. The molecular formula is C13H21NO2S2. The van der Waals surface area contributed by atoms with Gasteiger partial charge in [-0.2, -0.15) is 4.31 Å². The summed E-state index contributed by atoms with van der Waals surface area (Å²) in [6.45, 7) is 7.21. The number of hydrogen-bond acceptors (Lipinski definition) is 3. The van der Waals surface area contributed by atoms with Crippen LogP contribution < -0.4 is 0 Å². The van der Waals surface area contributed by atoms with Crippen molar-refractivity contribution in [1.82, 2.24) is 4.31 Å². The fraction of sp³-hybridized carbons (Fsp3) is 0.692. The largest absolute Gasteiger partial charge is 0.244 e. The highest BCUT2D eigenvalue weighted by Crippen LogP contribution is 2.33. The van der Waals surface area contributed by atoms with Gasteiger partial charge in [0.25, 0.3) is 0 Å². The summed E-state index contributed by atoms with van der Waals surface area (Å²) in [5.41, 5.74) is 0. The van der Waals surface area contributed by atoms with E-state index in [4.69, 9.17) is 0 Å². The maximum atomic E-state index is 12.7. The molecule has 102 valence electrons. The van der Waals surface area contributed by atoms with Crippen molar-refractivity contribution in [3.63, 3.8) is 0 Å². The van der Waals surface area contributed by atoms with Crippen molar-refractivity contribution >= 4 is 21.4 Å². The van der Waals surface area contributed by atoms with Gasteiger partial charge in [0.05, 0.1) is 4.90 Å². The topological polar surface area (TPSA) is 37.4 Å². The van der Waals surface area contributed by atoms with E-state index in [1.807, 2.05) is 26.8 Å². The average Bonchev–Trinajstić information content (AvgIpc) is 3.02. The molecule has 1 aromatic rings. The van der Waals surface area contributed by atoms with Crippen LogP contribution >= 0.6 is 11.3 Å². The van der Waals surface area contributed by atoms with E-state index in [1.165, 1.54) is 12.8 Å². The highest BCUT2D eigenvalue weighted by molar-refractivity contribution is 7.89. The normalized spacial score (nSPS) is 16.4. The van der Waals surface area contributed by atoms with Crippen LogP contribution in [0, 0.1) is 19.8 Å². The summed E-state index contributed by atoms with van der Waals surface area (Å²) >= 11 is 1.56. The van der Waals surface area contributed by atoms with Crippen LogP contribution in [0.5, 0.6) is 0 Å². The zero-order chi connectivity index (χ0) is 13.3. The Morgan fingerprint density at radius 1 is 1.39 bits per heavy atom. The molecule has 0 atom stereocenters. The smallest absolute Gasteiger partial charge is 0.207 e. The minimum Gasteiger partial charge on any atom is -0.207 e. The Morgan fingerprint density at radius 2 is 2.06 bits per heavy atom. The Bertz CT molecular complexity index is 515. The molecule has 1 aliphatic rings. The molecule has 0 aliphatic heterocycles. The molecule has 0 spiro atoms. The van der Waals surface area contributed by atoms with E-state index in [2.05, 4.69) is 0 Å². The number of thiophene rings is 1. The number of rotatable bonds is 6. The highest BCUT2D eigenvalue weighted by Gasteiger charge is 2.32. The van der Waals surface area contributed by atoms with Crippen molar-refractivity contribution in [1.29, 1.82) is 0 Å².